The van der Waals surface area contributed by atoms with Crippen LogP contribution in [0, 0.1) is 18.3 Å². The van der Waals surface area contributed by atoms with Crippen molar-refractivity contribution in [3.8, 4) is 6.07 Å². The molecule has 4 rings (SSSR count). The predicted molar refractivity (Wildman–Crippen MR) is 143 cm³/mol. The van der Waals surface area contributed by atoms with Gasteiger partial charge in [-0.2, -0.15) is 5.26 Å². The number of carbonyl (C=O) groups excluding carboxylic acids is 2. The van der Waals surface area contributed by atoms with Crippen molar-refractivity contribution in [3.05, 3.63) is 88.6 Å². The SMILES string of the molecule is Cc1ccc(C(=O)N2CCC(c3ccc(C#N)cc3)CC2)cc1NC(=O)c1ccc(N(C)CCO)nc1. The minimum atomic E-state index is -0.306. The van der Waals surface area contributed by atoms with Gasteiger partial charge in [0.15, 0.2) is 0 Å². The molecule has 0 unspecified atom stereocenters. The number of aliphatic hydroxyl groups is 1. The molecule has 2 amide bonds. The molecule has 8 nitrogen and oxygen atoms in total. The van der Waals surface area contributed by atoms with E-state index in [-0.39, 0.29) is 18.4 Å². The number of amides is 2. The van der Waals surface area contributed by atoms with Crippen LogP contribution in [0.25, 0.3) is 0 Å². The van der Waals surface area contributed by atoms with E-state index in [1.165, 1.54) is 11.8 Å². The zero-order valence-corrected chi connectivity index (χ0v) is 21.1. The van der Waals surface area contributed by atoms with Crippen LogP contribution in [0.1, 0.15) is 56.2 Å². The van der Waals surface area contributed by atoms with Gasteiger partial charge in [-0.25, -0.2) is 4.98 Å². The number of rotatable bonds is 7. The van der Waals surface area contributed by atoms with Gasteiger partial charge in [0.1, 0.15) is 5.82 Å². The molecule has 0 atom stereocenters. The first-order valence-corrected chi connectivity index (χ1v) is 12.4. The van der Waals surface area contributed by atoms with E-state index < -0.39 is 0 Å². The summed E-state index contributed by atoms with van der Waals surface area (Å²) in [4.78, 5) is 34.1. The Kier molecular flexibility index (Phi) is 8.16. The van der Waals surface area contributed by atoms with Crippen molar-refractivity contribution in [2.45, 2.75) is 25.7 Å². The molecule has 2 heterocycles. The van der Waals surface area contributed by atoms with E-state index in [1.807, 2.05) is 49.2 Å². The third-order valence-corrected chi connectivity index (χ3v) is 6.86. The number of piperidine rings is 1. The maximum Gasteiger partial charge on any atom is 0.257 e. The lowest BCUT2D eigenvalue weighted by molar-refractivity contribution is 0.0712. The Hall–Kier alpha value is -4.22. The lowest BCUT2D eigenvalue weighted by atomic mass is 9.89. The van der Waals surface area contributed by atoms with Crippen LogP contribution >= 0.6 is 0 Å². The summed E-state index contributed by atoms with van der Waals surface area (Å²) in [5.41, 5.74) is 4.24. The molecule has 3 aromatic rings. The Morgan fingerprint density at radius 2 is 1.81 bits per heavy atom. The van der Waals surface area contributed by atoms with Crippen LogP contribution in [0.3, 0.4) is 0 Å². The van der Waals surface area contributed by atoms with E-state index in [2.05, 4.69) is 16.4 Å². The summed E-state index contributed by atoms with van der Waals surface area (Å²) in [6.07, 6.45) is 3.23. The highest BCUT2D eigenvalue weighted by Gasteiger charge is 2.25. The van der Waals surface area contributed by atoms with Crippen LogP contribution < -0.4 is 10.2 Å². The second-order valence-electron chi connectivity index (χ2n) is 9.33. The van der Waals surface area contributed by atoms with Crippen LogP contribution in [0.4, 0.5) is 11.5 Å². The first-order valence-electron chi connectivity index (χ1n) is 12.4. The first-order chi connectivity index (χ1) is 17.9. The molecule has 190 valence electrons. The number of likely N-dealkylation sites (N-methyl/N-ethyl adjacent to an activating group) is 1. The van der Waals surface area contributed by atoms with Crippen LogP contribution in [-0.2, 0) is 0 Å². The minimum absolute atomic E-state index is 0.0178. The standard InChI is InChI=1S/C29H31N5O3/c1-20-3-6-24(17-26(20)32-28(36)25-9-10-27(31-19-25)33(2)15-16-35)29(37)34-13-11-23(12-14-34)22-7-4-21(18-30)5-8-22/h3-10,17,19,23,35H,11-16H2,1-2H3,(H,32,36). The van der Waals surface area contributed by atoms with E-state index in [1.54, 1.807) is 29.2 Å². The van der Waals surface area contributed by atoms with Gasteiger partial charge in [0.25, 0.3) is 11.8 Å². The molecule has 8 heteroatoms. The summed E-state index contributed by atoms with van der Waals surface area (Å²) in [7, 11) is 1.82. The number of aryl methyl sites for hydroxylation is 1. The summed E-state index contributed by atoms with van der Waals surface area (Å²) >= 11 is 0. The van der Waals surface area contributed by atoms with Crippen LogP contribution in [0.2, 0.25) is 0 Å². The number of carbonyl (C=O) groups is 2. The third kappa shape index (κ3) is 6.13. The second kappa shape index (κ2) is 11.7. The molecule has 1 aliphatic heterocycles. The third-order valence-electron chi connectivity index (χ3n) is 6.86. The predicted octanol–water partition coefficient (Wildman–Crippen LogP) is 3.96. The smallest absolute Gasteiger partial charge is 0.257 e. The Balaban J connectivity index is 1.39. The lowest BCUT2D eigenvalue weighted by Crippen LogP contribution is -2.38. The van der Waals surface area contributed by atoms with Gasteiger partial charge in [-0.3, -0.25) is 9.59 Å². The lowest BCUT2D eigenvalue weighted by Gasteiger charge is -2.32. The van der Waals surface area contributed by atoms with Crippen molar-refractivity contribution in [1.82, 2.24) is 9.88 Å². The molecule has 1 saturated heterocycles. The molecule has 2 aromatic carbocycles. The van der Waals surface area contributed by atoms with E-state index in [9.17, 15) is 9.59 Å². The summed E-state index contributed by atoms with van der Waals surface area (Å²) < 4.78 is 0. The number of hydrogen-bond donors (Lipinski definition) is 2. The van der Waals surface area contributed by atoms with Crippen molar-refractivity contribution >= 4 is 23.3 Å². The second-order valence-corrected chi connectivity index (χ2v) is 9.33. The molecule has 0 aliphatic carbocycles. The summed E-state index contributed by atoms with van der Waals surface area (Å²) in [6, 6.07) is 18.6. The van der Waals surface area contributed by atoms with E-state index in [4.69, 9.17) is 10.4 Å². The van der Waals surface area contributed by atoms with Crippen LogP contribution in [0.15, 0.2) is 60.8 Å². The number of likely N-dealkylation sites (tertiary alicyclic amines) is 1. The van der Waals surface area contributed by atoms with Gasteiger partial charge >= 0.3 is 0 Å². The summed E-state index contributed by atoms with van der Waals surface area (Å²) in [5.74, 6) is 0.678. The molecule has 2 N–H and O–H groups in total. The molecule has 37 heavy (non-hydrogen) atoms. The molecule has 0 spiro atoms. The zero-order chi connectivity index (χ0) is 26.4. The maximum absolute atomic E-state index is 13.2. The minimum Gasteiger partial charge on any atom is -0.395 e. The number of nitrogens with zero attached hydrogens (tertiary/aromatic N) is 4. The van der Waals surface area contributed by atoms with Gasteiger partial charge < -0.3 is 20.2 Å². The largest absolute Gasteiger partial charge is 0.395 e. The highest BCUT2D eigenvalue weighted by atomic mass is 16.3. The number of nitrogens with one attached hydrogen (secondary N) is 1. The number of pyridine rings is 1. The van der Waals surface area contributed by atoms with Gasteiger partial charge in [0.05, 0.1) is 23.8 Å². The molecule has 0 radical (unpaired) electrons. The Morgan fingerprint density at radius 3 is 2.43 bits per heavy atom. The van der Waals surface area contributed by atoms with E-state index >= 15 is 0 Å². The average Bonchev–Trinajstić information content (AvgIpc) is 2.94. The zero-order valence-electron chi connectivity index (χ0n) is 21.1. The summed E-state index contributed by atoms with van der Waals surface area (Å²) in [5, 5.41) is 21.0. The fourth-order valence-corrected chi connectivity index (χ4v) is 4.52. The van der Waals surface area contributed by atoms with Crippen molar-refractivity contribution in [2.75, 3.05) is 43.5 Å². The quantitative estimate of drug-likeness (QED) is 0.511. The number of hydrogen-bond acceptors (Lipinski definition) is 6. The molecule has 1 fully saturated rings. The molecule has 1 aliphatic rings. The molecule has 0 saturated carbocycles. The molecule has 1 aromatic heterocycles. The normalized spacial score (nSPS) is 13.6. The number of aromatic nitrogens is 1. The van der Waals surface area contributed by atoms with Gasteiger partial charge in [-0.05, 0) is 73.2 Å². The van der Waals surface area contributed by atoms with Crippen molar-refractivity contribution in [1.29, 1.82) is 5.26 Å². The number of nitriles is 1. The molecular weight excluding hydrogens is 466 g/mol. The average molecular weight is 498 g/mol. The van der Waals surface area contributed by atoms with E-state index in [0.29, 0.717) is 53.7 Å². The number of anilines is 2. The van der Waals surface area contributed by atoms with Gasteiger partial charge in [-0.15, -0.1) is 0 Å². The first kappa shape index (κ1) is 25.9. The molecular formula is C29H31N5O3. The van der Waals surface area contributed by atoms with Crippen LogP contribution in [-0.4, -0.2) is 60.1 Å². The van der Waals surface area contributed by atoms with Gasteiger partial charge in [-0.1, -0.05) is 18.2 Å². The Morgan fingerprint density at radius 1 is 1.11 bits per heavy atom. The maximum atomic E-state index is 13.2. The number of benzene rings is 2. The van der Waals surface area contributed by atoms with Gasteiger partial charge in [0.2, 0.25) is 0 Å². The van der Waals surface area contributed by atoms with Crippen molar-refractivity contribution in [3.63, 3.8) is 0 Å². The topological polar surface area (TPSA) is 110 Å². The van der Waals surface area contributed by atoms with E-state index in [0.717, 1.165) is 18.4 Å². The fourth-order valence-electron chi connectivity index (χ4n) is 4.52. The summed E-state index contributed by atoms with van der Waals surface area (Å²) in [6.45, 7) is 3.66. The monoisotopic (exact) mass is 497 g/mol. The van der Waals surface area contributed by atoms with Gasteiger partial charge in [0, 0.05) is 44.1 Å². The van der Waals surface area contributed by atoms with Crippen LogP contribution in [0.5, 0.6) is 0 Å². The Bertz CT molecular complexity index is 1290. The fraction of sp³-hybridized carbons (Fsp3) is 0.310. The van der Waals surface area contributed by atoms with Crippen molar-refractivity contribution < 1.29 is 14.7 Å². The number of aliphatic hydroxyl groups excluding tert-OH is 1. The Labute approximate surface area is 217 Å². The highest BCUT2D eigenvalue weighted by molar-refractivity contribution is 6.05. The highest BCUT2D eigenvalue weighted by Crippen LogP contribution is 2.29. The molecule has 0 bridgehead atoms. The van der Waals surface area contributed by atoms with Crippen molar-refractivity contribution in [2.24, 2.45) is 0 Å².